The summed E-state index contributed by atoms with van der Waals surface area (Å²) in [7, 11) is 0. The van der Waals surface area contributed by atoms with Gasteiger partial charge in [0.15, 0.2) is 0 Å². The number of hydrogen-bond acceptors (Lipinski definition) is 4. The molecule has 1 N–H and O–H groups in total. The van der Waals surface area contributed by atoms with Crippen molar-refractivity contribution in [3.63, 3.8) is 0 Å². The molecule has 5 rings (SSSR count). The van der Waals surface area contributed by atoms with Gasteiger partial charge in [0.2, 0.25) is 0 Å². The highest BCUT2D eigenvalue weighted by atomic mass is 16.2. The Morgan fingerprint density at radius 1 is 0.765 bits per heavy atom. The van der Waals surface area contributed by atoms with E-state index in [9.17, 15) is 9.59 Å². The summed E-state index contributed by atoms with van der Waals surface area (Å²) in [6, 6.07) is 24.9. The molecule has 0 unspecified atom stereocenters. The molecule has 172 valence electrons. The molecule has 3 aromatic carbocycles. The Balaban J connectivity index is 1.47. The van der Waals surface area contributed by atoms with Crippen LogP contribution in [-0.4, -0.2) is 24.9 Å². The number of imide groups is 1. The zero-order chi connectivity index (χ0) is 23.7. The first kappa shape index (κ1) is 22.0. The minimum Gasteiger partial charge on any atom is -0.372 e. The molecule has 0 radical (unpaired) electrons. The summed E-state index contributed by atoms with van der Waals surface area (Å²) in [4.78, 5) is 30.6. The number of nitrogens with one attached hydrogen (secondary N) is 1. The Hall–Kier alpha value is -3.86. The SMILES string of the molecule is Cc1ccc(C2=C(Nc3ccc(N4CCC(C)CC4)cc3)C(=O)N(c3ccccc3)C2=O)cc1. The Morgan fingerprint density at radius 2 is 1.41 bits per heavy atom. The van der Waals surface area contributed by atoms with Crippen LogP contribution in [0.2, 0.25) is 0 Å². The molecule has 1 saturated heterocycles. The molecule has 34 heavy (non-hydrogen) atoms. The highest BCUT2D eigenvalue weighted by Gasteiger charge is 2.40. The largest absolute Gasteiger partial charge is 0.372 e. The number of carbonyl (C=O) groups excluding carboxylic acids is 2. The lowest BCUT2D eigenvalue weighted by atomic mass is 9.99. The Bertz CT molecular complexity index is 1220. The smallest absolute Gasteiger partial charge is 0.282 e. The van der Waals surface area contributed by atoms with Gasteiger partial charge in [0.1, 0.15) is 5.70 Å². The lowest BCUT2D eigenvalue weighted by Crippen LogP contribution is -2.32. The van der Waals surface area contributed by atoms with Crippen molar-refractivity contribution < 1.29 is 9.59 Å². The molecule has 2 heterocycles. The standard InChI is InChI=1S/C29H29N3O2/c1-20-8-10-22(11-9-20)26-27(29(34)32(28(26)33)25-6-4-3-5-7-25)30-23-12-14-24(15-13-23)31-18-16-21(2)17-19-31/h3-15,21,30H,16-19H2,1-2H3. The van der Waals surface area contributed by atoms with E-state index in [1.54, 1.807) is 12.1 Å². The summed E-state index contributed by atoms with van der Waals surface area (Å²) in [5.74, 6) is 0.116. The number of para-hydroxylation sites is 1. The molecule has 5 nitrogen and oxygen atoms in total. The van der Waals surface area contributed by atoms with Gasteiger partial charge in [-0.3, -0.25) is 9.59 Å². The summed E-state index contributed by atoms with van der Waals surface area (Å²) in [5.41, 5.74) is 5.05. The van der Waals surface area contributed by atoms with E-state index in [2.05, 4.69) is 29.3 Å². The maximum absolute atomic E-state index is 13.5. The fraction of sp³-hybridized carbons (Fsp3) is 0.241. The second-order valence-electron chi connectivity index (χ2n) is 9.24. The average Bonchev–Trinajstić information content (AvgIpc) is 3.10. The van der Waals surface area contributed by atoms with Crippen molar-refractivity contribution in [2.75, 3.05) is 28.2 Å². The average molecular weight is 452 g/mol. The molecule has 0 spiro atoms. The van der Waals surface area contributed by atoms with Crippen LogP contribution in [0, 0.1) is 12.8 Å². The first-order chi connectivity index (χ1) is 16.5. The van der Waals surface area contributed by atoms with Crippen LogP contribution in [0.5, 0.6) is 0 Å². The maximum Gasteiger partial charge on any atom is 0.282 e. The second-order valence-corrected chi connectivity index (χ2v) is 9.24. The van der Waals surface area contributed by atoms with E-state index in [1.807, 2.05) is 61.5 Å². The molecular weight excluding hydrogens is 422 g/mol. The van der Waals surface area contributed by atoms with Crippen LogP contribution in [0.4, 0.5) is 17.1 Å². The predicted molar refractivity (Wildman–Crippen MR) is 138 cm³/mol. The number of carbonyl (C=O) groups is 2. The van der Waals surface area contributed by atoms with Gasteiger partial charge in [-0.2, -0.15) is 0 Å². The maximum atomic E-state index is 13.5. The van der Waals surface area contributed by atoms with Crippen LogP contribution in [0.15, 0.2) is 84.6 Å². The predicted octanol–water partition coefficient (Wildman–Crippen LogP) is 5.63. The monoisotopic (exact) mass is 451 g/mol. The third kappa shape index (κ3) is 4.21. The molecule has 5 heteroatoms. The second kappa shape index (κ2) is 9.18. The van der Waals surface area contributed by atoms with Gasteiger partial charge in [-0.05, 0) is 67.6 Å². The third-order valence-electron chi connectivity index (χ3n) is 6.72. The number of anilines is 3. The molecule has 2 aliphatic heterocycles. The zero-order valence-electron chi connectivity index (χ0n) is 19.6. The number of aryl methyl sites for hydroxylation is 1. The highest BCUT2D eigenvalue weighted by Crippen LogP contribution is 2.34. The fourth-order valence-electron chi connectivity index (χ4n) is 4.61. The summed E-state index contributed by atoms with van der Waals surface area (Å²) < 4.78 is 0. The number of hydrogen-bond donors (Lipinski definition) is 1. The van der Waals surface area contributed by atoms with E-state index < -0.39 is 0 Å². The van der Waals surface area contributed by atoms with Crippen molar-refractivity contribution in [2.45, 2.75) is 26.7 Å². The van der Waals surface area contributed by atoms with Gasteiger partial charge in [-0.15, -0.1) is 0 Å². The summed E-state index contributed by atoms with van der Waals surface area (Å²) in [6.45, 7) is 6.44. The molecule has 2 aliphatic rings. The van der Waals surface area contributed by atoms with Crippen LogP contribution in [0.1, 0.15) is 30.9 Å². The van der Waals surface area contributed by atoms with Crippen LogP contribution in [0.25, 0.3) is 5.57 Å². The van der Waals surface area contributed by atoms with Crippen molar-refractivity contribution in [1.82, 2.24) is 0 Å². The number of benzene rings is 3. The Labute approximate surface area is 200 Å². The molecule has 0 bridgehead atoms. The van der Waals surface area contributed by atoms with Gasteiger partial charge in [0.25, 0.3) is 11.8 Å². The normalized spacial score (nSPS) is 17.0. The topological polar surface area (TPSA) is 52.7 Å². The molecular formula is C29H29N3O2. The van der Waals surface area contributed by atoms with Gasteiger partial charge in [-0.25, -0.2) is 4.90 Å². The van der Waals surface area contributed by atoms with E-state index in [0.29, 0.717) is 17.0 Å². The van der Waals surface area contributed by atoms with Gasteiger partial charge in [0.05, 0.1) is 11.3 Å². The van der Waals surface area contributed by atoms with E-state index in [-0.39, 0.29) is 11.8 Å². The molecule has 0 atom stereocenters. The number of nitrogens with zero attached hydrogens (tertiary/aromatic N) is 2. The van der Waals surface area contributed by atoms with Crippen molar-refractivity contribution >= 4 is 34.4 Å². The van der Waals surface area contributed by atoms with Gasteiger partial charge in [-0.1, -0.05) is 55.0 Å². The first-order valence-electron chi connectivity index (χ1n) is 11.9. The fourth-order valence-corrected chi connectivity index (χ4v) is 4.61. The molecule has 0 aliphatic carbocycles. The third-order valence-corrected chi connectivity index (χ3v) is 6.72. The quantitative estimate of drug-likeness (QED) is 0.511. The summed E-state index contributed by atoms with van der Waals surface area (Å²) in [5, 5.41) is 3.27. The molecule has 0 saturated carbocycles. The Morgan fingerprint density at radius 3 is 2.06 bits per heavy atom. The number of piperidine rings is 1. The summed E-state index contributed by atoms with van der Waals surface area (Å²) in [6.07, 6.45) is 2.41. The number of amides is 2. The van der Waals surface area contributed by atoms with Crippen molar-refractivity contribution in [3.05, 3.63) is 95.7 Å². The van der Waals surface area contributed by atoms with Crippen LogP contribution in [0.3, 0.4) is 0 Å². The minimum atomic E-state index is -0.346. The molecule has 2 amide bonds. The van der Waals surface area contributed by atoms with E-state index in [0.717, 1.165) is 35.8 Å². The lowest BCUT2D eigenvalue weighted by molar-refractivity contribution is -0.120. The Kier molecular flexibility index (Phi) is 5.93. The first-order valence-corrected chi connectivity index (χ1v) is 11.9. The van der Waals surface area contributed by atoms with Gasteiger partial charge >= 0.3 is 0 Å². The van der Waals surface area contributed by atoms with Crippen molar-refractivity contribution in [2.24, 2.45) is 5.92 Å². The van der Waals surface area contributed by atoms with E-state index in [4.69, 9.17) is 0 Å². The van der Waals surface area contributed by atoms with E-state index in [1.165, 1.54) is 23.4 Å². The zero-order valence-corrected chi connectivity index (χ0v) is 19.6. The molecule has 1 fully saturated rings. The van der Waals surface area contributed by atoms with E-state index >= 15 is 0 Å². The van der Waals surface area contributed by atoms with Crippen LogP contribution >= 0.6 is 0 Å². The highest BCUT2D eigenvalue weighted by molar-refractivity contribution is 6.46. The van der Waals surface area contributed by atoms with Crippen LogP contribution in [-0.2, 0) is 9.59 Å². The van der Waals surface area contributed by atoms with Gasteiger partial charge in [0, 0.05) is 24.5 Å². The van der Waals surface area contributed by atoms with Crippen LogP contribution < -0.4 is 15.1 Å². The molecule has 3 aromatic rings. The summed E-state index contributed by atoms with van der Waals surface area (Å²) >= 11 is 0. The van der Waals surface area contributed by atoms with Crippen molar-refractivity contribution in [1.29, 1.82) is 0 Å². The van der Waals surface area contributed by atoms with Gasteiger partial charge < -0.3 is 10.2 Å². The minimum absolute atomic E-state index is 0.303. The van der Waals surface area contributed by atoms with Crippen molar-refractivity contribution in [3.8, 4) is 0 Å². The number of rotatable bonds is 5. The molecule has 0 aromatic heterocycles. The lowest BCUT2D eigenvalue weighted by Gasteiger charge is -2.32.